The van der Waals surface area contributed by atoms with E-state index in [1.165, 1.54) is 95.5 Å². The molecule has 0 heterocycles. The maximum atomic E-state index is 2.77. The van der Waals surface area contributed by atoms with Crippen LogP contribution in [0.15, 0.2) is 22.8 Å². The first-order chi connectivity index (χ1) is 17.1. The molecule has 0 aliphatic heterocycles. The molecule has 36 heavy (non-hydrogen) atoms. The second kappa shape index (κ2) is 10.9. The Morgan fingerprint density at radius 1 is 0.806 bits per heavy atom. The minimum absolute atomic E-state index is 0.480. The molecule has 7 atom stereocenters. The van der Waals surface area contributed by atoms with E-state index in [9.17, 15) is 0 Å². The van der Waals surface area contributed by atoms with Gasteiger partial charge in [0.25, 0.3) is 0 Å². The summed E-state index contributed by atoms with van der Waals surface area (Å²) in [6, 6.07) is 0. The fraction of sp³-hybridized carbons (Fsp3) is 0.889. The lowest BCUT2D eigenvalue weighted by Crippen LogP contribution is -2.67. The molecule has 0 aromatic heterocycles. The second-order valence-corrected chi connectivity index (χ2v) is 14.0. The minimum Gasteiger partial charge on any atom is -0.0859 e. The van der Waals surface area contributed by atoms with Crippen LogP contribution in [0.2, 0.25) is 0 Å². The van der Waals surface area contributed by atoms with Crippen molar-refractivity contribution in [3.8, 4) is 0 Å². The Kier molecular flexibility index (Phi) is 9.11. The van der Waals surface area contributed by atoms with E-state index in [2.05, 4.69) is 54.5 Å². The van der Waals surface area contributed by atoms with Crippen LogP contribution in [-0.4, -0.2) is 0 Å². The van der Waals surface area contributed by atoms with Crippen molar-refractivity contribution in [1.29, 1.82) is 0 Å². The van der Waals surface area contributed by atoms with Gasteiger partial charge in [0, 0.05) is 0 Å². The van der Waals surface area contributed by atoms with Gasteiger partial charge in [0.05, 0.1) is 0 Å². The van der Waals surface area contributed by atoms with Crippen LogP contribution >= 0.6 is 0 Å². The molecule has 0 nitrogen and oxygen atoms in total. The van der Waals surface area contributed by atoms with Crippen LogP contribution in [0.5, 0.6) is 0 Å². The third kappa shape index (κ3) is 3.87. The van der Waals surface area contributed by atoms with Crippen molar-refractivity contribution in [3.63, 3.8) is 0 Å². The van der Waals surface area contributed by atoms with E-state index >= 15 is 0 Å². The Labute approximate surface area is 227 Å². The molecule has 0 radical (unpaired) electrons. The van der Waals surface area contributed by atoms with Crippen molar-refractivity contribution in [2.75, 3.05) is 0 Å². The number of hydrogen-bond donors (Lipinski definition) is 0. The quantitative estimate of drug-likeness (QED) is 0.262. The SMILES string of the molecule is CC.CC.CCC12CCC13CCC1=C(CCC4(C)C(CCCC=C(C)C)CCC14C)C3(C)CC[C@@H]2C. The van der Waals surface area contributed by atoms with Crippen molar-refractivity contribution >= 4 is 0 Å². The maximum absolute atomic E-state index is 2.77. The standard InChI is InChI=1S/C32H52.2C2H6/c1-8-31-21-22-32(31)20-16-26-27(30(32,7)17-13-24(31)4)15-19-28(5)25(14-18-29(26,28)6)12-10-9-11-23(2)3;2*1-2/h11,24-25H,8-10,12-22H2,1-7H3;2*1-2H3/t24-,25?,28?,29?,30?,31?,32?;;/m0../s1. The van der Waals surface area contributed by atoms with Crippen LogP contribution in [0.1, 0.15) is 166 Å². The van der Waals surface area contributed by atoms with E-state index in [0.29, 0.717) is 27.1 Å². The molecule has 0 saturated heterocycles. The topological polar surface area (TPSA) is 0 Å². The molecule has 6 unspecified atom stereocenters. The number of unbranched alkanes of at least 4 members (excludes halogenated alkanes) is 1. The van der Waals surface area contributed by atoms with Crippen LogP contribution in [0, 0.1) is 38.9 Å². The van der Waals surface area contributed by atoms with Gasteiger partial charge in [-0.2, -0.15) is 0 Å². The predicted molar refractivity (Wildman–Crippen MR) is 161 cm³/mol. The first kappa shape index (κ1) is 30.0. The molecular weight excluding hydrogens is 432 g/mol. The van der Waals surface area contributed by atoms with E-state index in [-0.39, 0.29) is 0 Å². The number of hydrogen-bond acceptors (Lipinski definition) is 0. The molecule has 0 bridgehead atoms. The highest BCUT2D eigenvalue weighted by molar-refractivity contribution is 5.42. The summed E-state index contributed by atoms with van der Waals surface area (Å²) in [5.74, 6) is 1.89. The predicted octanol–water partition coefficient (Wildman–Crippen LogP) is 12.1. The van der Waals surface area contributed by atoms with Gasteiger partial charge in [0.1, 0.15) is 0 Å². The summed E-state index contributed by atoms with van der Waals surface area (Å²) < 4.78 is 0. The van der Waals surface area contributed by atoms with Crippen molar-refractivity contribution < 1.29 is 0 Å². The lowest BCUT2D eigenvalue weighted by atomic mass is 9.28. The Hall–Kier alpha value is -0.520. The monoisotopic (exact) mass is 497 g/mol. The fourth-order valence-corrected chi connectivity index (χ4v) is 11.2. The summed E-state index contributed by atoms with van der Waals surface area (Å²) in [4.78, 5) is 0. The highest BCUT2D eigenvalue weighted by atomic mass is 14.8. The first-order valence-electron chi connectivity index (χ1n) is 16.5. The Morgan fingerprint density at radius 2 is 1.42 bits per heavy atom. The van der Waals surface area contributed by atoms with Gasteiger partial charge in [0.15, 0.2) is 0 Å². The molecule has 5 aliphatic carbocycles. The van der Waals surface area contributed by atoms with Gasteiger partial charge in [-0.25, -0.2) is 0 Å². The zero-order chi connectivity index (χ0) is 27.0. The largest absolute Gasteiger partial charge is 0.0859 e. The third-order valence-corrected chi connectivity index (χ3v) is 13.5. The number of allylic oxidation sites excluding steroid dienone is 4. The molecule has 3 saturated carbocycles. The summed E-state index contributed by atoms with van der Waals surface area (Å²) in [7, 11) is 0. The zero-order valence-corrected chi connectivity index (χ0v) is 26.6. The van der Waals surface area contributed by atoms with Gasteiger partial charge in [-0.1, -0.05) is 85.1 Å². The Balaban J connectivity index is 0.000000861. The highest BCUT2D eigenvalue weighted by Crippen LogP contribution is 2.81. The molecule has 208 valence electrons. The normalized spacial score (nSPS) is 44.3. The van der Waals surface area contributed by atoms with Crippen molar-refractivity contribution in [1.82, 2.24) is 0 Å². The van der Waals surface area contributed by atoms with Crippen molar-refractivity contribution in [2.45, 2.75) is 166 Å². The van der Waals surface area contributed by atoms with E-state index in [4.69, 9.17) is 0 Å². The fourth-order valence-electron chi connectivity index (χ4n) is 11.2. The lowest BCUT2D eigenvalue weighted by Gasteiger charge is -2.76. The van der Waals surface area contributed by atoms with Gasteiger partial charge in [-0.15, -0.1) is 0 Å². The van der Waals surface area contributed by atoms with Crippen LogP contribution in [-0.2, 0) is 0 Å². The molecule has 0 amide bonds. The molecule has 0 N–H and O–H groups in total. The van der Waals surface area contributed by atoms with Crippen LogP contribution < -0.4 is 0 Å². The molecule has 0 aromatic rings. The molecule has 0 aromatic carbocycles. The smallest absolute Gasteiger partial charge is 0.00515 e. The summed E-state index contributed by atoms with van der Waals surface area (Å²) in [5, 5.41) is 0. The zero-order valence-electron chi connectivity index (χ0n) is 26.6. The maximum Gasteiger partial charge on any atom is -0.00515 e. The molecule has 5 rings (SSSR count). The van der Waals surface area contributed by atoms with Crippen LogP contribution in [0.4, 0.5) is 0 Å². The van der Waals surface area contributed by atoms with Gasteiger partial charge in [-0.3, -0.25) is 0 Å². The van der Waals surface area contributed by atoms with Gasteiger partial charge >= 0.3 is 0 Å². The average molecular weight is 497 g/mol. The van der Waals surface area contributed by atoms with E-state index in [1.807, 2.05) is 38.8 Å². The molecular formula is C36H64. The Bertz CT molecular complexity index is 821. The van der Waals surface area contributed by atoms with Crippen molar-refractivity contribution in [3.05, 3.63) is 22.8 Å². The number of fused-ring (bicyclic) bond motifs is 3. The molecule has 5 aliphatic rings. The van der Waals surface area contributed by atoms with E-state index in [1.54, 1.807) is 0 Å². The third-order valence-electron chi connectivity index (χ3n) is 13.5. The molecule has 3 fully saturated rings. The minimum atomic E-state index is 0.480. The van der Waals surface area contributed by atoms with E-state index in [0.717, 1.165) is 11.8 Å². The highest BCUT2D eigenvalue weighted by Gasteiger charge is 2.72. The summed E-state index contributed by atoms with van der Waals surface area (Å²) >= 11 is 0. The van der Waals surface area contributed by atoms with Crippen LogP contribution in [0.25, 0.3) is 0 Å². The van der Waals surface area contributed by atoms with Gasteiger partial charge < -0.3 is 0 Å². The average Bonchev–Trinajstić information content (AvgIpc) is 3.13. The van der Waals surface area contributed by atoms with Crippen LogP contribution in [0.3, 0.4) is 0 Å². The Morgan fingerprint density at radius 3 is 2.00 bits per heavy atom. The summed E-state index contributed by atoms with van der Waals surface area (Å²) in [6.07, 6.45) is 22.8. The van der Waals surface area contributed by atoms with Gasteiger partial charge in [-0.05, 0) is 143 Å². The summed E-state index contributed by atoms with van der Waals surface area (Å²) in [5.41, 5.74) is 8.32. The summed E-state index contributed by atoms with van der Waals surface area (Å²) in [6.45, 7) is 25.9. The van der Waals surface area contributed by atoms with E-state index < -0.39 is 0 Å². The first-order valence-corrected chi connectivity index (χ1v) is 16.5. The number of rotatable bonds is 5. The van der Waals surface area contributed by atoms with Gasteiger partial charge in [0.2, 0.25) is 0 Å². The lowest BCUT2D eigenvalue weighted by molar-refractivity contribution is -0.230. The molecule has 1 spiro atoms. The van der Waals surface area contributed by atoms with Crippen molar-refractivity contribution in [2.24, 2.45) is 38.9 Å². The second-order valence-electron chi connectivity index (χ2n) is 14.0. The molecule has 0 heteroatoms.